The molecule has 0 spiro atoms. The molecular formula is C15H24N2O2. The summed E-state index contributed by atoms with van der Waals surface area (Å²) in [6.07, 6.45) is 9.29. The van der Waals surface area contributed by atoms with Crippen LogP contribution in [0.3, 0.4) is 0 Å². The van der Waals surface area contributed by atoms with Crippen LogP contribution in [0.2, 0.25) is 0 Å². The molecule has 1 atom stereocenters. The van der Waals surface area contributed by atoms with Crippen molar-refractivity contribution in [1.82, 2.24) is 4.98 Å². The Labute approximate surface area is 115 Å². The number of nitrogens with zero attached hydrogens (tertiary/aromatic N) is 1. The van der Waals surface area contributed by atoms with E-state index in [1.807, 2.05) is 12.3 Å². The number of carbonyl (C=O) groups is 1. The van der Waals surface area contributed by atoms with Crippen LogP contribution >= 0.6 is 0 Å². The number of carbonyl (C=O) groups excluding carboxylic acids is 1. The van der Waals surface area contributed by atoms with E-state index < -0.39 is 0 Å². The minimum absolute atomic E-state index is 0.123. The highest BCUT2D eigenvalue weighted by Gasteiger charge is 2.09. The molecule has 0 saturated heterocycles. The van der Waals surface area contributed by atoms with E-state index in [1.54, 1.807) is 6.20 Å². The van der Waals surface area contributed by atoms with Crippen molar-refractivity contribution in [2.75, 3.05) is 13.7 Å². The average molecular weight is 264 g/mol. The lowest BCUT2D eigenvalue weighted by Crippen LogP contribution is -2.12. The third-order valence-corrected chi connectivity index (χ3v) is 3.29. The Balaban J connectivity index is 2.30. The molecule has 1 rings (SSSR count). The van der Waals surface area contributed by atoms with Gasteiger partial charge in [-0.05, 0) is 43.4 Å². The molecule has 2 N–H and O–H groups in total. The fourth-order valence-electron chi connectivity index (χ4n) is 2.24. The van der Waals surface area contributed by atoms with E-state index in [0.717, 1.165) is 32.1 Å². The summed E-state index contributed by atoms with van der Waals surface area (Å²) in [6.45, 7) is 0.710. The molecular weight excluding hydrogens is 240 g/mol. The van der Waals surface area contributed by atoms with E-state index in [1.165, 1.54) is 12.7 Å². The number of hydrogen-bond donors (Lipinski definition) is 1. The molecule has 0 saturated carbocycles. The first-order valence-corrected chi connectivity index (χ1v) is 6.92. The minimum atomic E-state index is -0.123. The molecule has 0 aliphatic heterocycles. The van der Waals surface area contributed by atoms with Gasteiger partial charge >= 0.3 is 5.97 Å². The van der Waals surface area contributed by atoms with Crippen molar-refractivity contribution < 1.29 is 9.53 Å². The number of unbranched alkanes of at least 4 members (excludes halogenated alkanes) is 1. The Morgan fingerprint density at radius 1 is 1.42 bits per heavy atom. The maximum atomic E-state index is 11.0. The van der Waals surface area contributed by atoms with Gasteiger partial charge in [0.25, 0.3) is 0 Å². The van der Waals surface area contributed by atoms with Crippen molar-refractivity contribution in [3.63, 3.8) is 0 Å². The van der Waals surface area contributed by atoms with Gasteiger partial charge in [-0.1, -0.05) is 18.9 Å². The number of hydrogen-bond acceptors (Lipinski definition) is 4. The number of rotatable bonds is 9. The van der Waals surface area contributed by atoms with Crippen LogP contribution in [-0.4, -0.2) is 24.6 Å². The molecule has 0 aromatic carbocycles. The Bertz CT molecular complexity index is 354. The van der Waals surface area contributed by atoms with Crippen molar-refractivity contribution in [3.05, 3.63) is 30.1 Å². The van der Waals surface area contributed by atoms with Gasteiger partial charge in [-0.15, -0.1) is 0 Å². The summed E-state index contributed by atoms with van der Waals surface area (Å²) in [6, 6.07) is 4.07. The van der Waals surface area contributed by atoms with E-state index in [2.05, 4.69) is 15.8 Å². The van der Waals surface area contributed by atoms with Crippen molar-refractivity contribution in [3.8, 4) is 0 Å². The van der Waals surface area contributed by atoms with E-state index in [9.17, 15) is 4.79 Å². The average Bonchev–Trinajstić information content (AvgIpc) is 2.44. The largest absolute Gasteiger partial charge is 0.469 e. The fourth-order valence-corrected chi connectivity index (χ4v) is 2.24. The first-order chi connectivity index (χ1) is 9.26. The summed E-state index contributed by atoms with van der Waals surface area (Å²) in [7, 11) is 1.43. The second kappa shape index (κ2) is 9.50. The smallest absolute Gasteiger partial charge is 0.305 e. The number of aromatic nitrogens is 1. The van der Waals surface area contributed by atoms with Gasteiger partial charge < -0.3 is 10.5 Å². The lowest BCUT2D eigenvalue weighted by atomic mass is 9.91. The normalized spacial score (nSPS) is 12.1. The van der Waals surface area contributed by atoms with Gasteiger partial charge in [0.05, 0.1) is 7.11 Å². The second-order valence-corrected chi connectivity index (χ2v) is 4.83. The van der Waals surface area contributed by atoms with Gasteiger partial charge in [-0.25, -0.2) is 0 Å². The molecule has 4 heteroatoms. The van der Waals surface area contributed by atoms with Crippen LogP contribution in [0, 0.1) is 5.92 Å². The predicted molar refractivity (Wildman–Crippen MR) is 75.6 cm³/mol. The highest BCUT2D eigenvalue weighted by atomic mass is 16.5. The van der Waals surface area contributed by atoms with Crippen LogP contribution in [0.5, 0.6) is 0 Å². The molecule has 1 heterocycles. The van der Waals surface area contributed by atoms with Crippen LogP contribution < -0.4 is 5.73 Å². The number of ether oxygens (including phenoxy) is 1. The second-order valence-electron chi connectivity index (χ2n) is 4.83. The Kier molecular flexibility index (Phi) is 7.82. The summed E-state index contributed by atoms with van der Waals surface area (Å²) >= 11 is 0. The molecule has 19 heavy (non-hydrogen) atoms. The molecule has 0 amide bonds. The molecule has 0 radical (unpaired) electrons. The van der Waals surface area contributed by atoms with Crippen molar-refractivity contribution in [1.29, 1.82) is 0 Å². The zero-order chi connectivity index (χ0) is 13.9. The predicted octanol–water partition coefficient (Wildman–Crippen LogP) is 2.32. The third-order valence-electron chi connectivity index (χ3n) is 3.29. The van der Waals surface area contributed by atoms with Crippen molar-refractivity contribution >= 4 is 5.97 Å². The van der Waals surface area contributed by atoms with Crippen LogP contribution in [0.1, 0.15) is 37.7 Å². The molecule has 0 fully saturated rings. The van der Waals surface area contributed by atoms with E-state index >= 15 is 0 Å². The summed E-state index contributed by atoms with van der Waals surface area (Å²) in [5.74, 6) is 0.453. The van der Waals surface area contributed by atoms with E-state index in [4.69, 9.17) is 5.73 Å². The van der Waals surface area contributed by atoms with Crippen LogP contribution in [0.15, 0.2) is 24.5 Å². The quantitative estimate of drug-likeness (QED) is 0.549. The molecule has 1 unspecified atom stereocenters. The fraction of sp³-hybridized carbons (Fsp3) is 0.600. The highest BCUT2D eigenvalue weighted by molar-refractivity contribution is 5.68. The molecule has 1 aromatic heterocycles. The standard InChI is InChI=1S/C15H24N2O2/c1-19-15(18)7-3-2-5-13(8-9-16)11-14-6-4-10-17-12-14/h4,6,10,12-13H,2-3,5,7-9,11,16H2,1H3. The first-order valence-electron chi connectivity index (χ1n) is 6.92. The Morgan fingerprint density at radius 3 is 2.89 bits per heavy atom. The first kappa shape index (κ1) is 15.6. The van der Waals surface area contributed by atoms with Gasteiger partial charge in [0.2, 0.25) is 0 Å². The zero-order valence-electron chi connectivity index (χ0n) is 11.7. The zero-order valence-corrected chi connectivity index (χ0v) is 11.7. The summed E-state index contributed by atoms with van der Waals surface area (Å²) in [5, 5.41) is 0. The van der Waals surface area contributed by atoms with Crippen LogP contribution in [0.25, 0.3) is 0 Å². The maximum absolute atomic E-state index is 11.0. The third kappa shape index (κ3) is 6.91. The molecule has 4 nitrogen and oxygen atoms in total. The number of methoxy groups -OCH3 is 1. The Hall–Kier alpha value is -1.42. The molecule has 0 bridgehead atoms. The summed E-state index contributed by atoms with van der Waals surface area (Å²) < 4.78 is 4.63. The van der Waals surface area contributed by atoms with Gasteiger partial charge in [-0.2, -0.15) is 0 Å². The lowest BCUT2D eigenvalue weighted by molar-refractivity contribution is -0.140. The van der Waals surface area contributed by atoms with Crippen molar-refractivity contribution in [2.24, 2.45) is 11.7 Å². The number of pyridine rings is 1. The molecule has 106 valence electrons. The number of esters is 1. The van der Waals surface area contributed by atoms with Gasteiger partial charge in [0.15, 0.2) is 0 Å². The highest BCUT2D eigenvalue weighted by Crippen LogP contribution is 2.18. The van der Waals surface area contributed by atoms with E-state index in [0.29, 0.717) is 18.9 Å². The van der Waals surface area contributed by atoms with Gasteiger partial charge in [-0.3, -0.25) is 9.78 Å². The monoisotopic (exact) mass is 264 g/mol. The van der Waals surface area contributed by atoms with Crippen molar-refractivity contribution in [2.45, 2.75) is 38.5 Å². The van der Waals surface area contributed by atoms with Gasteiger partial charge in [0.1, 0.15) is 0 Å². The number of nitrogens with two attached hydrogens (primary N) is 1. The van der Waals surface area contributed by atoms with Crippen LogP contribution in [-0.2, 0) is 16.0 Å². The molecule has 0 aliphatic carbocycles. The maximum Gasteiger partial charge on any atom is 0.305 e. The topological polar surface area (TPSA) is 65.2 Å². The van der Waals surface area contributed by atoms with Gasteiger partial charge in [0, 0.05) is 18.8 Å². The lowest BCUT2D eigenvalue weighted by Gasteiger charge is -2.15. The summed E-state index contributed by atoms with van der Waals surface area (Å²) in [4.78, 5) is 15.2. The van der Waals surface area contributed by atoms with Crippen LogP contribution in [0.4, 0.5) is 0 Å². The SMILES string of the molecule is COC(=O)CCCCC(CCN)Cc1cccnc1. The minimum Gasteiger partial charge on any atom is -0.469 e. The molecule has 0 aliphatic rings. The molecule has 1 aromatic rings. The summed E-state index contributed by atoms with van der Waals surface area (Å²) in [5.41, 5.74) is 6.93. The Morgan fingerprint density at radius 2 is 2.26 bits per heavy atom. The van der Waals surface area contributed by atoms with E-state index in [-0.39, 0.29) is 5.97 Å².